The molecular formula is C32H37FN2O. The van der Waals surface area contributed by atoms with Gasteiger partial charge in [-0.3, -0.25) is 14.6 Å². The highest BCUT2D eigenvalue weighted by Gasteiger charge is 2.21. The summed E-state index contributed by atoms with van der Waals surface area (Å²) in [4.78, 5) is 18.0. The third-order valence-electron chi connectivity index (χ3n) is 7.98. The van der Waals surface area contributed by atoms with Crippen LogP contribution in [0.2, 0.25) is 0 Å². The van der Waals surface area contributed by atoms with Crippen LogP contribution in [0, 0.1) is 11.7 Å². The van der Waals surface area contributed by atoms with Gasteiger partial charge in [-0.2, -0.15) is 0 Å². The SMILES string of the molecule is O=C(CCC1CCN(Cc2ccccc2)CC1)c1ccc2c(c1)CCN(Cc1ccc(F)cc1)CC2. The first kappa shape index (κ1) is 24.9. The minimum Gasteiger partial charge on any atom is -0.299 e. The van der Waals surface area contributed by atoms with Crippen LogP contribution in [0.25, 0.3) is 0 Å². The summed E-state index contributed by atoms with van der Waals surface area (Å²) in [7, 11) is 0. The topological polar surface area (TPSA) is 23.6 Å². The van der Waals surface area contributed by atoms with E-state index in [0.29, 0.717) is 12.3 Å². The lowest BCUT2D eigenvalue weighted by molar-refractivity contribution is 0.0961. The van der Waals surface area contributed by atoms with Gasteiger partial charge in [-0.05, 0) is 91.6 Å². The first-order chi connectivity index (χ1) is 17.6. The number of benzene rings is 3. The number of Topliss-reactive ketones (excluding diaryl/α,β-unsaturated/α-hetero) is 1. The summed E-state index contributed by atoms with van der Waals surface area (Å²) in [5, 5.41) is 0. The quantitative estimate of drug-likeness (QED) is 0.351. The first-order valence-electron chi connectivity index (χ1n) is 13.5. The Balaban J connectivity index is 1.09. The number of hydrogen-bond donors (Lipinski definition) is 0. The molecule has 0 spiro atoms. The molecule has 188 valence electrons. The zero-order valence-corrected chi connectivity index (χ0v) is 21.2. The number of piperidine rings is 1. The van der Waals surface area contributed by atoms with E-state index in [1.54, 1.807) is 0 Å². The predicted octanol–water partition coefficient (Wildman–Crippen LogP) is 6.30. The maximum Gasteiger partial charge on any atom is 0.162 e. The van der Waals surface area contributed by atoms with Crippen LogP contribution in [0.1, 0.15) is 58.3 Å². The Hall–Kier alpha value is -2.82. The molecule has 3 nitrogen and oxygen atoms in total. The van der Waals surface area contributed by atoms with Crippen LogP contribution in [0.5, 0.6) is 0 Å². The van der Waals surface area contributed by atoms with Crippen molar-refractivity contribution in [1.82, 2.24) is 9.80 Å². The molecule has 0 radical (unpaired) electrons. The summed E-state index contributed by atoms with van der Waals surface area (Å²) >= 11 is 0. The van der Waals surface area contributed by atoms with Crippen molar-refractivity contribution in [2.75, 3.05) is 26.2 Å². The normalized spacial score (nSPS) is 17.5. The third kappa shape index (κ3) is 6.68. The van der Waals surface area contributed by atoms with Crippen LogP contribution in [0.15, 0.2) is 72.8 Å². The average Bonchev–Trinajstić information content (AvgIpc) is 3.12. The van der Waals surface area contributed by atoms with Gasteiger partial charge >= 0.3 is 0 Å². The lowest BCUT2D eigenvalue weighted by atomic mass is 9.89. The molecule has 2 heterocycles. The molecule has 1 saturated heterocycles. The van der Waals surface area contributed by atoms with Crippen LogP contribution < -0.4 is 0 Å². The molecule has 0 atom stereocenters. The van der Waals surface area contributed by atoms with Gasteiger partial charge in [0.2, 0.25) is 0 Å². The number of hydrogen-bond acceptors (Lipinski definition) is 3. The van der Waals surface area contributed by atoms with Gasteiger partial charge in [-0.25, -0.2) is 4.39 Å². The van der Waals surface area contributed by atoms with E-state index in [2.05, 4.69) is 52.3 Å². The molecule has 0 aromatic heterocycles. The summed E-state index contributed by atoms with van der Waals surface area (Å²) in [6.07, 6.45) is 5.98. The maximum absolute atomic E-state index is 13.2. The van der Waals surface area contributed by atoms with Crippen molar-refractivity contribution >= 4 is 5.78 Å². The van der Waals surface area contributed by atoms with Gasteiger partial charge in [-0.1, -0.05) is 54.6 Å². The fourth-order valence-corrected chi connectivity index (χ4v) is 5.71. The molecule has 5 rings (SSSR count). The first-order valence-corrected chi connectivity index (χ1v) is 13.5. The molecule has 0 unspecified atom stereocenters. The standard InChI is InChI=1S/C32H37FN2O/c33-31-11-6-27(7-12-31)24-35-20-16-28-9-10-30(22-29(28)17-21-35)32(36)13-8-25-14-18-34(19-15-25)23-26-4-2-1-3-5-26/h1-7,9-12,22,25H,8,13-21,23-24H2. The molecule has 3 aromatic rings. The molecule has 0 amide bonds. The van der Waals surface area contributed by atoms with Gasteiger partial charge in [0.25, 0.3) is 0 Å². The van der Waals surface area contributed by atoms with Gasteiger partial charge in [-0.15, -0.1) is 0 Å². The average molecular weight is 485 g/mol. The van der Waals surface area contributed by atoms with Gasteiger partial charge in [0.05, 0.1) is 0 Å². The van der Waals surface area contributed by atoms with E-state index in [1.165, 1.54) is 41.7 Å². The minimum atomic E-state index is -0.187. The smallest absolute Gasteiger partial charge is 0.162 e. The zero-order chi connectivity index (χ0) is 24.7. The van der Waals surface area contributed by atoms with Crippen molar-refractivity contribution in [2.45, 2.75) is 51.6 Å². The number of nitrogens with zero attached hydrogens (tertiary/aromatic N) is 2. The number of ketones is 1. The highest BCUT2D eigenvalue weighted by Crippen LogP contribution is 2.25. The summed E-state index contributed by atoms with van der Waals surface area (Å²) < 4.78 is 13.2. The molecule has 3 aromatic carbocycles. The van der Waals surface area contributed by atoms with E-state index in [4.69, 9.17) is 0 Å². The highest BCUT2D eigenvalue weighted by molar-refractivity contribution is 5.96. The molecule has 2 aliphatic heterocycles. The molecule has 0 bridgehead atoms. The second-order valence-electron chi connectivity index (χ2n) is 10.6. The molecule has 0 N–H and O–H groups in total. The Morgan fingerprint density at radius 1 is 0.750 bits per heavy atom. The molecule has 0 saturated carbocycles. The fraction of sp³-hybridized carbons (Fsp3) is 0.406. The molecule has 0 aliphatic carbocycles. The van der Waals surface area contributed by atoms with Crippen molar-refractivity contribution in [3.8, 4) is 0 Å². The summed E-state index contributed by atoms with van der Waals surface area (Å²) in [6.45, 7) is 6.07. The molecule has 36 heavy (non-hydrogen) atoms. The maximum atomic E-state index is 13.2. The van der Waals surface area contributed by atoms with Crippen LogP contribution in [0.4, 0.5) is 4.39 Å². The number of fused-ring (bicyclic) bond motifs is 1. The second kappa shape index (κ2) is 11.9. The number of rotatable bonds is 8. The van der Waals surface area contributed by atoms with Crippen molar-refractivity contribution in [2.24, 2.45) is 5.92 Å². The number of halogens is 1. The van der Waals surface area contributed by atoms with E-state index in [0.717, 1.165) is 69.7 Å². The largest absolute Gasteiger partial charge is 0.299 e. The number of carbonyl (C=O) groups excluding carboxylic acids is 1. The molecule has 2 aliphatic rings. The minimum absolute atomic E-state index is 0.187. The van der Waals surface area contributed by atoms with Crippen molar-refractivity contribution in [3.05, 3.63) is 106 Å². The van der Waals surface area contributed by atoms with Crippen molar-refractivity contribution < 1.29 is 9.18 Å². The third-order valence-corrected chi connectivity index (χ3v) is 7.98. The van der Waals surface area contributed by atoms with Gasteiger partial charge in [0.15, 0.2) is 5.78 Å². The summed E-state index contributed by atoms with van der Waals surface area (Å²) in [5.41, 5.74) is 6.08. The fourth-order valence-electron chi connectivity index (χ4n) is 5.71. The Kier molecular flexibility index (Phi) is 8.25. The van der Waals surface area contributed by atoms with E-state index < -0.39 is 0 Å². The van der Waals surface area contributed by atoms with Gasteiger partial charge in [0.1, 0.15) is 5.82 Å². The number of carbonyl (C=O) groups is 1. The summed E-state index contributed by atoms with van der Waals surface area (Å²) in [6, 6.07) is 23.9. The monoisotopic (exact) mass is 484 g/mol. The molecule has 1 fully saturated rings. The van der Waals surface area contributed by atoms with E-state index in [9.17, 15) is 9.18 Å². The highest BCUT2D eigenvalue weighted by atomic mass is 19.1. The van der Waals surface area contributed by atoms with Crippen molar-refractivity contribution in [1.29, 1.82) is 0 Å². The van der Waals surface area contributed by atoms with E-state index in [-0.39, 0.29) is 11.6 Å². The Morgan fingerprint density at radius 2 is 1.39 bits per heavy atom. The van der Waals surface area contributed by atoms with Crippen LogP contribution >= 0.6 is 0 Å². The molecular weight excluding hydrogens is 447 g/mol. The Morgan fingerprint density at radius 3 is 2.11 bits per heavy atom. The Bertz CT molecular complexity index is 1140. The Labute approximate surface area is 214 Å². The second-order valence-corrected chi connectivity index (χ2v) is 10.6. The van der Waals surface area contributed by atoms with Crippen molar-refractivity contribution in [3.63, 3.8) is 0 Å². The predicted molar refractivity (Wildman–Crippen MR) is 144 cm³/mol. The number of likely N-dealkylation sites (tertiary alicyclic amines) is 1. The van der Waals surface area contributed by atoms with Gasteiger partial charge < -0.3 is 0 Å². The van der Waals surface area contributed by atoms with Crippen LogP contribution in [-0.2, 0) is 25.9 Å². The van der Waals surface area contributed by atoms with E-state index >= 15 is 0 Å². The van der Waals surface area contributed by atoms with E-state index in [1.807, 2.05) is 18.2 Å². The van der Waals surface area contributed by atoms with Crippen LogP contribution in [-0.4, -0.2) is 41.8 Å². The molecule has 4 heteroatoms. The van der Waals surface area contributed by atoms with Crippen LogP contribution in [0.3, 0.4) is 0 Å². The lowest BCUT2D eigenvalue weighted by Gasteiger charge is -2.32. The zero-order valence-electron chi connectivity index (χ0n) is 21.2. The van der Waals surface area contributed by atoms with Gasteiger partial charge in [0, 0.05) is 38.2 Å². The lowest BCUT2D eigenvalue weighted by Crippen LogP contribution is -2.33. The summed E-state index contributed by atoms with van der Waals surface area (Å²) in [5.74, 6) is 0.756.